The summed E-state index contributed by atoms with van der Waals surface area (Å²) in [6.45, 7) is 2.50. The number of nitrogens with one attached hydrogen (secondary N) is 1. The molecule has 0 aliphatic carbocycles. The lowest BCUT2D eigenvalue weighted by Crippen LogP contribution is -2.01. The van der Waals surface area contributed by atoms with Crippen molar-refractivity contribution in [3.63, 3.8) is 0 Å². The van der Waals surface area contributed by atoms with E-state index in [0.29, 0.717) is 6.54 Å². The molecule has 0 aliphatic rings. The van der Waals surface area contributed by atoms with Crippen LogP contribution < -0.4 is 5.32 Å². The minimum Gasteiger partial charge on any atom is -0.478 e. The third-order valence-corrected chi connectivity index (χ3v) is 4.59. The molecule has 0 bridgehead atoms. The molecule has 0 saturated carbocycles. The largest absolute Gasteiger partial charge is 0.478 e. The molecular weight excluding hydrogens is 406 g/mol. The minimum atomic E-state index is -1.04. The molecule has 2 aromatic carbocycles. The van der Waals surface area contributed by atoms with Crippen molar-refractivity contribution >= 4 is 39.2 Å². The maximum atomic E-state index is 11.0. The van der Waals surface area contributed by atoms with Crippen LogP contribution in [-0.2, 0) is 6.54 Å². The van der Waals surface area contributed by atoms with Gasteiger partial charge in [0.25, 0.3) is 0 Å². The number of carboxylic acids is 1. The first-order valence-electron chi connectivity index (χ1n) is 7.56. The smallest absolute Gasteiger partial charge is 0.337 e. The number of halogens is 2. The number of benzene rings is 2. The lowest BCUT2D eigenvalue weighted by molar-refractivity contribution is 0.0697. The maximum Gasteiger partial charge on any atom is 0.337 e. The third kappa shape index (κ3) is 4.06. The Morgan fingerprint density at radius 1 is 1.20 bits per heavy atom. The lowest BCUT2D eigenvalue weighted by Gasteiger charge is -2.07. The zero-order valence-corrected chi connectivity index (χ0v) is 15.7. The maximum absolute atomic E-state index is 11.0. The van der Waals surface area contributed by atoms with E-state index >= 15 is 0 Å². The van der Waals surface area contributed by atoms with Crippen LogP contribution in [0.3, 0.4) is 0 Å². The standard InChI is InChI=1S/C19H15BrClNO3/c1-11-8-12(20)2-5-15(11)18-7-4-14(25-18)10-22-13-3-6-16(19(23)24)17(21)9-13/h2-9,22H,10H2,1H3,(H,23,24). The van der Waals surface area contributed by atoms with Crippen molar-refractivity contribution in [2.75, 3.05) is 5.32 Å². The molecule has 0 atom stereocenters. The highest BCUT2D eigenvalue weighted by Crippen LogP contribution is 2.28. The van der Waals surface area contributed by atoms with Gasteiger partial charge in [-0.05, 0) is 61.0 Å². The van der Waals surface area contributed by atoms with E-state index in [4.69, 9.17) is 21.1 Å². The first-order valence-corrected chi connectivity index (χ1v) is 8.73. The predicted octanol–water partition coefficient (Wildman–Crippen LogP) is 5.98. The van der Waals surface area contributed by atoms with Crippen LogP contribution >= 0.6 is 27.5 Å². The summed E-state index contributed by atoms with van der Waals surface area (Å²) in [6, 6.07) is 14.6. The molecule has 0 saturated heterocycles. The second-order valence-corrected chi connectivity index (χ2v) is 6.90. The van der Waals surface area contributed by atoms with Crippen LogP contribution in [0.4, 0.5) is 5.69 Å². The van der Waals surface area contributed by atoms with Crippen LogP contribution in [0.1, 0.15) is 21.7 Å². The lowest BCUT2D eigenvalue weighted by atomic mass is 10.1. The van der Waals surface area contributed by atoms with Crippen molar-refractivity contribution in [3.8, 4) is 11.3 Å². The van der Waals surface area contributed by atoms with Gasteiger partial charge in [-0.3, -0.25) is 0 Å². The fourth-order valence-electron chi connectivity index (χ4n) is 2.51. The zero-order chi connectivity index (χ0) is 18.0. The molecule has 0 spiro atoms. The first-order chi connectivity index (χ1) is 11.9. The van der Waals surface area contributed by atoms with Gasteiger partial charge >= 0.3 is 5.97 Å². The van der Waals surface area contributed by atoms with Gasteiger partial charge in [-0.1, -0.05) is 27.5 Å². The third-order valence-electron chi connectivity index (χ3n) is 3.78. The molecule has 128 valence electrons. The summed E-state index contributed by atoms with van der Waals surface area (Å²) in [5.74, 6) is 0.536. The van der Waals surface area contributed by atoms with Crippen molar-refractivity contribution in [3.05, 3.63) is 74.9 Å². The summed E-state index contributed by atoms with van der Waals surface area (Å²) in [6.07, 6.45) is 0. The number of aryl methyl sites for hydroxylation is 1. The summed E-state index contributed by atoms with van der Waals surface area (Å²) in [5, 5.41) is 12.4. The highest BCUT2D eigenvalue weighted by Gasteiger charge is 2.10. The first kappa shape index (κ1) is 17.6. The van der Waals surface area contributed by atoms with E-state index in [-0.39, 0.29) is 10.6 Å². The van der Waals surface area contributed by atoms with Gasteiger partial charge in [-0.25, -0.2) is 4.79 Å². The fourth-order valence-corrected chi connectivity index (χ4v) is 3.25. The Hall–Kier alpha value is -2.24. The van der Waals surface area contributed by atoms with Crippen molar-refractivity contribution in [1.29, 1.82) is 0 Å². The number of anilines is 1. The molecule has 4 nitrogen and oxygen atoms in total. The van der Waals surface area contributed by atoms with Crippen molar-refractivity contribution in [1.82, 2.24) is 0 Å². The highest BCUT2D eigenvalue weighted by molar-refractivity contribution is 9.10. The Morgan fingerprint density at radius 3 is 2.68 bits per heavy atom. The SMILES string of the molecule is Cc1cc(Br)ccc1-c1ccc(CNc2ccc(C(=O)O)c(Cl)c2)o1. The molecule has 6 heteroatoms. The topological polar surface area (TPSA) is 62.5 Å². The molecular formula is C19H15BrClNO3. The number of hydrogen-bond donors (Lipinski definition) is 2. The van der Waals surface area contributed by atoms with Gasteiger partial charge in [0.2, 0.25) is 0 Å². The Bertz CT molecular complexity index is 936. The van der Waals surface area contributed by atoms with Gasteiger partial charge in [0.15, 0.2) is 0 Å². The normalized spacial score (nSPS) is 10.7. The number of carbonyl (C=O) groups is 1. The molecule has 0 radical (unpaired) electrons. The number of rotatable bonds is 5. The molecule has 1 heterocycles. The molecule has 3 aromatic rings. The number of hydrogen-bond acceptors (Lipinski definition) is 3. The molecule has 0 aliphatic heterocycles. The Labute approximate surface area is 158 Å². The van der Waals surface area contributed by atoms with Gasteiger partial charge in [-0.15, -0.1) is 0 Å². The number of furan rings is 1. The molecule has 0 unspecified atom stereocenters. The van der Waals surface area contributed by atoms with Crippen molar-refractivity contribution < 1.29 is 14.3 Å². The summed E-state index contributed by atoms with van der Waals surface area (Å²) in [4.78, 5) is 11.0. The second-order valence-electron chi connectivity index (χ2n) is 5.58. The van der Waals surface area contributed by atoms with Crippen LogP contribution in [0.15, 0.2) is 57.4 Å². The Balaban J connectivity index is 1.72. The van der Waals surface area contributed by atoms with E-state index in [9.17, 15) is 4.79 Å². The van der Waals surface area contributed by atoms with Crippen LogP contribution in [0.2, 0.25) is 5.02 Å². The van der Waals surface area contributed by atoms with Crippen LogP contribution in [0.5, 0.6) is 0 Å². The van der Waals surface area contributed by atoms with Crippen LogP contribution in [0.25, 0.3) is 11.3 Å². The Kier molecular flexibility index (Phi) is 5.16. The predicted molar refractivity (Wildman–Crippen MR) is 102 cm³/mol. The highest BCUT2D eigenvalue weighted by atomic mass is 79.9. The summed E-state index contributed by atoms with van der Waals surface area (Å²) >= 11 is 9.43. The number of aromatic carboxylic acids is 1. The van der Waals surface area contributed by atoms with Crippen LogP contribution in [0, 0.1) is 6.92 Å². The molecule has 1 aromatic heterocycles. The van der Waals surface area contributed by atoms with Gasteiger partial charge in [-0.2, -0.15) is 0 Å². The van der Waals surface area contributed by atoms with E-state index in [1.807, 2.05) is 37.3 Å². The molecule has 3 rings (SSSR count). The quantitative estimate of drug-likeness (QED) is 0.533. The summed E-state index contributed by atoms with van der Waals surface area (Å²) in [7, 11) is 0. The van der Waals surface area contributed by atoms with Crippen molar-refractivity contribution in [2.24, 2.45) is 0 Å². The molecule has 25 heavy (non-hydrogen) atoms. The van der Waals surface area contributed by atoms with E-state index in [1.54, 1.807) is 12.1 Å². The average Bonchev–Trinajstić information content (AvgIpc) is 3.01. The van der Waals surface area contributed by atoms with Crippen molar-refractivity contribution in [2.45, 2.75) is 13.5 Å². The minimum absolute atomic E-state index is 0.0817. The van der Waals surface area contributed by atoms with E-state index in [1.165, 1.54) is 6.07 Å². The van der Waals surface area contributed by atoms with E-state index in [0.717, 1.165) is 32.8 Å². The average molecular weight is 421 g/mol. The van der Waals surface area contributed by atoms with E-state index in [2.05, 4.69) is 21.2 Å². The van der Waals surface area contributed by atoms with Gasteiger partial charge in [0.05, 0.1) is 17.1 Å². The molecule has 0 fully saturated rings. The second kappa shape index (κ2) is 7.33. The summed E-state index contributed by atoms with van der Waals surface area (Å²) in [5.41, 5.74) is 2.98. The van der Waals surface area contributed by atoms with Crippen LogP contribution in [-0.4, -0.2) is 11.1 Å². The zero-order valence-electron chi connectivity index (χ0n) is 13.3. The fraction of sp³-hybridized carbons (Fsp3) is 0.105. The molecule has 0 amide bonds. The van der Waals surface area contributed by atoms with Gasteiger partial charge in [0, 0.05) is 15.7 Å². The van der Waals surface area contributed by atoms with Gasteiger partial charge < -0.3 is 14.8 Å². The van der Waals surface area contributed by atoms with E-state index < -0.39 is 5.97 Å². The summed E-state index contributed by atoms with van der Waals surface area (Å²) < 4.78 is 6.93. The number of carboxylic acid groups (broad SMARTS) is 1. The van der Waals surface area contributed by atoms with Gasteiger partial charge in [0.1, 0.15) is 11.5 Å². The monoisotopic (exact) mass is 419 g/mol. The molecule has 2 N–H and O–H groups in total. The Morgan fingerprint density at radius 2 is 2.00 bits per heavy atom.